The van der Waals surface area contributed by atoms with Crippen LogP contribution in [0.15, 0.2) is 107 Å². The van der Waals surface area contributed by atoms with Gasteiger partial charge in [0.05, 0.1) is 22.1 Å². The van der Waals surface area contributed by atoms with Crippen LogP contribution in [0.4, 0.5) is 0 Å². The highest BCUT2D eigenvalue weighted by molar-refractivity contribution is 6.40. The molecule has 6 nitrogen and oxygen atoms in total. The fourth-order valence-corrected chi connectivity index (χ4v) is 7.68. The van der Waals surface area contributed by atoms with E-state index in [-0.39, 0.29) is 18.5 Å². The van der Waals surface area contributed by atoms with Crippen molar-refractivity contribution in [3.8, 4) is 0 Å². The van der Waals surface area contributed by atoms with Crippen molar-refractivity contribution in [3.05, 3.63) is 118 Å². The summed E-state index contributed by atoms with van der Waals surface area (Å²) in [5.74, 6) is 0. The summed E-state index contributed by atoms with van der Waals surface area (Å²) in [7, 11) is 0. The second-order valence-corrected chi connectivity index (χ2v) is 11.3. The highest BCUT2D eigenvalue weighted by atomic mass is 16.1. The largest absolute Gasteiger partial charge is 0.268 e. The summed E-state index contributed by atoms with van der Waals surface area (Å²) < 4.78 is 3.49. The van der Waals surface area contributed by atoms with Crippen LogP contribution < -0.4 is 11.1 Å². The van der Waals surface area contributed by atoms with Crippen molar-refractivity contribution in [2.75, 3.05) is 0 Å². The van der Waals surface area contributed by atoms with Crippen molar-refractivity contribution in [2.45, 2.75) is 21.3 Å². The Labute approximate surface area is 255 Å². The van der Waals surface area contributed by atoms with Gasteiger partial charge in [-0.3, -0.25) is 18.4 Å². The van der Waals surface area contributed by atoms with E-state index in [4.69, 9.17) is 9.97 Å². The molecule has 0 aliphatic heterocycles. The first-order valence-corrected chi connectivity index (χ1v) is 14.9. The number of fused-ring (bicyclic) bond motifs is 10. The molecule has 0 atom stereocenters. The summed E-state index contributed by atoms with van der Waals surface area (Å²) in [6.45, 7) is 4.00. The smallest absolute Gasteiger partial charge is 0.264 e. The lowest BCUT2D eigenvalue weighted by atomic mass is 9.86. The molecule has 0 fully saturated rings. The highest BCUT2D eigenvalue weighted by Gasteiger charge is 2.23. The highest BCUT2D eigenvalue weighted by Crippen LogP contribution is 2.45. The Morgan fingerprint density at radius 3 is 1.13 bits per heavy atom. The summed E-state index contributed by atoms with van der Waals surface area (Å²) in [5, 5.41) is 11.5. The maximum Gasteiger partial charge on any atom is 0.264 e. The van der Waals surface area contributed by atoms with Gasteiger partial charge in [-0.15, -0.1) is 0 Å². The number of nitrogens with zero attached hydrogens (tertiary/aromatic N) is 4. The fraction of sp³-hybridized carbons (Fsp3) is 0.0769. The molecule has 0 spiro atoms. The summed E-state index contributed by atoms with van der Waals surface area (Å²) in [6.07, 6.45) is 0. The Balaban J connectivity index is 0.000000920. The van der Waals surface area contributed by atoms with Gasteiger partial charge in [0.15, 0.2) is 0 Å². The van der Waals surface area contributed by atoms with Crippen molar-refractivity contribution >= 4 is 98.0 Å². The minimum absolute atomic E-state index is 0. The van der Waals surface area contributed by atoms with Gasteiger partial charge >= 0.3 is 0 Å². The van der Waals surface area contributed by atoms with Crippen molar-refractivity contribution in [2.24, 2.45) is 0 Å². The van der Waals surface area contributed by atoms with E-state index in [0.29, 0.717) is 22.1 Å². The quantitative estimate of drug-likeness (QED) is 0.132. The SMILES string of the molecule is C.CC.O=c1c2ccc3c4ccc5c6c(ccc(c7ccc(c2c37)c2nc3ccccc3n12)c46)c(=O)n1c2ccccc2nc51. The standard InChI is InChI=1S/C36H16N4O2.C2H6.CH4/c41-35-23-15-11-19-18-10-14-22-32-24(36(42)40-28-8-4-2-6-26(28)38-34(22)40)16-12-20(30(18)32)17-9-13-21(31(23)29(17)19)33-37-25-5-1-3-7-27(25)39(33)35;1-2;/h1-16H;1-2H3;1H4. The van der Waals surface area contributed by atoms with Gasteiger partial charge in [0.2, 0.25) is 0 Å². The number of pyridine rings is 2. The van der Waals surface area contributed by atoms with E-state index in [1.165, 1.54) is 0 Å². The minimum Gasteiger partial charge on any atom is -0.268 e. The van der Waals surface area contributed by atoms with Crippen molar-refractivity contribution in [1.29, 1.82) is 0 Å². The zero-order chi connectivity index (χ0) is 29.4. The molecule has 11 aromatic rings. The van der Waals surface area contributed by atoms with E-state index in [0.717, 1.165) is 75.9 Å². The molecular weight excluding hydrogens is 556 g/mol. The van der Waals surface area contributed by atoms with Gasteiger partial charge in [0, 0.05) is 32.3 Å². The number of benzene rings is 7. The number of rotatable bonds is 0. The third-order valence-corrected chi connectivity index (χ3v) is 9.37. The van der Waals surface area contributed by atoms with Crippen LogP contribution in [-0.4, -0.2) is 18.8 Å². The molecule has 0 amide bonds. The summed E-state index contributed by atoms with van der Waals surface area (Å²) in [4.78, 5) is 37.7. The summed E-state index contributed by atoms with van der Waals surface area (Å²) >= 11 is 0. The van der Waals surface area contributed by atoms with Crippen LogP contribution in [0.1, 0.15) is 21.3 Å². The first kappa shape index (κ1) is 25.6. The van der Waals surface area contributed by atoms with Crippen molar-refractivity contribution in [1.82, 2.24) is 18.8 Å². The van der Waals surface area contributed by atoms with E-state index in [2.05, 4.69) is 36.4 Å². The van der Waals surface area contributed by atoms with Gasteiger partial charge in [-0.25, -0.2) is 9.97 Å². The fourth-order valence-electron chi connectivity index (χ4n) is 7.68. The van der Waals surface area contributed by atoms with E-state index in [9.17, 15) is 9.59 Å². The Bertz CT molecular complexity index is 2890. The molecular formula is C39H26N4O2. The Hall–Kier alpha value is -5.88. The van der Waals surface area contributed by atoms with Gasteiger partial charge in [0.1, 0.15) is 11.3 Å². The minimum atomic E-state index is -0.0598. The van der Waals surface area contributed by atoms with Gasteiger partial charge in [-0.2, -0.15) is 0 Å². The third kappa shape index (κ3) is 2.85. The first-order valence-electron chi connectivity index (χ1n) is 14.9. The number of imidazole rings is 2. The molecule has 0 unspecified atom stereocenters. The number of aromatic nitrogens is 4. The molecule has 7 aromatic carbocycles. The molecule has 45 heavy (non-hydrogen) atoms. The Morgan fingerprint density at radius 2 is 0.733 bits per heavy atom. The van der Waals surface area contributed by atoms with Gasteiger partial charge in [0.25, 0.3) is 11.1 Å². The number of para-hydroxylation sites is 4. The summed E-state index contributed by atoms with van der Waals surface area (Å²) in [5.41, 5.74) is 4.48. The van der Waals surface area contributed by atoms with Crippen LogP contribution in [0, 0.1) is 0 Å². The monoisotopic (exact) mass is 582 g/mol. The van der Waals surface area contributed by atoms with Crippen molar-refractivity contribution in [3.63, 3.8) is 0 Å². The van der Waals surface area contributed by atoms with E-state index < -0.39 is 0 Å². The lowest BCUT2D eigenvalue weighted by Gasteiger charge is -2.18. The average Bonchev–Trinajstić information content (AvgIpc) is 3.66. The van der Waals surface area contributed by atoms with Crippen LogP contribution in [0.2, 0.25) is 0 Å². The van der Waals surface area contributed by atoms with E-state index >= 15 is 0 Å². The number of hydrogen-bond acceptors (Lipinski definition) is 4. The van der Waals surface area contributed by atoms with Gasteiger partial charge < -0.3 is 0 Å². The molecule has 6 heteroatoms. The second-order valence-electron chi connectivity index (χ2n) is 11.3. The lowest BCUT2D eigenvalue weighted by molar-refractivity contribution is 1.19. The van der Waals surface area contributed by atoms with Crippen LogP contribution in [0.5, 0.6) is 0 Å². The Kier molecular flexibility index (Phi) is 4.90. The molecule has 4 heterocycles. The van der Waals surface area contributed by atoms with E-state index in [1.54, 1.807) is 8.80 Å². The topological polar surface area (TPSA) is 68.7 Å². The summed E-state index contributed by atoms with van der Waals surface area (Å²) in [6, 6.07) is 32.1. The normalized spacial score (nSPS) is 12.2. The molecule has 0 saturated carbocycles. The predicted molar refractivity (Wildman–Crippen MR) is 188 cm³/mol. The molecule has 0 aliphatic carbocycles. The molecule has 0 aliphatic rings. The first-order chi connectivity index (χ1) is 21.7. The zero-order valence-electron chi connectivity index (χ0n) is 23.8. The van der Waals surface area contributed by atoms with Gasteiger partial charge in [-0.05, 0) is 80.8 Å². The second kappa shape index (κ2) is 8.61. The predicted octanol–water partition coefficient (Wildman–Crippen LogP) is 8.90. The van der Waals surface area contributed by atoms with Gasteiger partial charge in [-0.1, -0.05) is 69.8 Å². The molecule has 0 radical (unpaired) electrons. The lowest BCUT2D eigenvalue weighted by Crippen LogP contribution is -2.14. The molecule has 4 aromatic heterocycles. The van der Waals surface area contributed by atoms with Crippen molar-refractivity contribution < 1.29 is 0 Å². The molecule has 0 saturated heterocycles. The average molecular weight is 583 g/mol. The van der Waals surface area contributed by atoms with Crippen LogP contribution >= 0.6 is 0 Å². The molecule has 0 N–H and O–H groups in total. The van der Waals surface area contributed by atoms with Crippen LogP contribution in [-0.2, 0) is 0 Å². The molecule has 214 valence electrons. The molecule has 0 bridgehead atoms. The Morgan fingerprint density at radius 1 is 0.422 bits per heavy atom. The number of hydrogen-bond donors (Lipinski definition) is 0. The third-order valence-electron chi connectivity index (χ3n) is 9.37. The van der Waals surface area contributed by atoms with Crippen LogP contribution in [0.3, 0.4) is 0 Å². The maximum atomic E-state index is 14.0. The van der Waals surface area contributed by atoms with Crippen LogP contribution in [0.25, 0.3) is 98.0 Å². The maximum absolute atomic E-state index is 14.0. The molecule has 11 rings (SSSR count). The van der Waals surface area contributed by atoms with E-state index in [1.807, 2.05) is 74.5 Å². The zero-order valence-corrected chi connectivity index (χ0v) is 23.8.